The average Bonchev–Trinajstić information content (AvgIpc) is 2.83. The van der Waals surface area contributed by atoms with Gasteiger partial charge in [-0.1, -0.05) is 28.1 Å². The largest absolute Gasteiger partial charge is 0.394 e. The first-order valence-corrected chi connectivity index (χ1v) is 4.62. The van der Waals surface area contributed by atoms with Gasteiger partial charge in [-0.15, -0.1) is 0 Å². The van der Waals surface area contributed by atoms with Crippen LogP contribution in [0.5, 0.6) is 0 Å². The fourth-order valence-electron chi connectivity index (χ4n) is 1.26. The Kier molecular flexibility index (Phi) is 2.17. The Morgan fingerprint density at radius 2 is 2.33 bits per heavy atom. The highest BCUT2D eigenvalue weighted by molar-refractivity contribution is 9.10. The van der Waals surface area contributed by atoms with E-state index in [0.717, 1.165) is 10.0 Å². The molecule has 2 rings (SSSR count). The van der Waals surface area contributed by atoms with Crippen LogP contribution in [-0.4, -0.2) is 17.8 Å². The molecule has 1 aliphatic rings. The Balaban J connectivity index is 2.14. The third-order valence-electron chi connectivity index (χ3n) is 1.94. The molecule has 1 N–H and O–H groups in total. The monoisotopic (exact) mass is 228 g/mol. The van der Waals surface area contributed by atoms with Crippen LogP contribution in [0.2, 0.25) is 0 Å². The quantitative estimate of drug-likeness (QED) is 0.785. The zero-order chi connectivity index (χ0) is 8.55. The number of hydrogen-bond acceptors (Lipinski definition) is 2. The van der Waals surface area contributed by atoms with Crippen molar-refractivity contribution in [3.05, 3.63) is 34.3 Å². The molecule has 2 atom stereocenters. The fourth-order valence-corrected chi connectivity index (χ4v) is 1.68. The van der Waals surface area contributed by atoms with Crippen LogP contribution < -0.4 is 0 Å². The van der Waals surface area contributed by atoms with Crippen LogP contribution in [0.4, 0.5) is 0 Å². The molecule has 3 heteroatoms. The van der Waals surface area contributed by atoms with Crippen molar-refractivity contribution in [3.8, 4) is 0 Å². The molecule has 1 aromatic rings. The average molecular weight is 229 g/mol. The zero-order valence-electron chi connectivity index (χ0n) is 6.40. The second-order valence-corrected chi connectivity index (χ2v) is 3.75. The number of rotatable bonds is 2. The van der Waals surface area contributed by atoms with Crippen LogP contribution in [0.25, 0.3) is 0 Å². The van der Waals surface area contributed by atoms with Gasteiger partial charge in [0.05, 0.1) is 6.61 Å². The predicted octanol–water partition coefficient (Wildman–Crippen LogP) is 1.88. The lowest BCUT2D eigenvalue weighted by atomic mass is 10.1. The Labute approximate surface area is 79.3 Å². The fraction of sp³-hybridized carbons (Fsp3) is 0.333. The van der Waals surface area contributed by atoms with E-state index in [1.54, 1.807) is 0 Å². The lowest BCUT2D eigenvalue weighted by Gasteiger charge is -1.95. The molecule has 0 amide bonds. The van der Waals surface area contributed by atoms with Crippen molar-refractivity contribution in [1.29, 1.82) is 0 Å². The highest BCUT2D eigenvalue weighted by Crippen LogP contribution is 2.38. The molecule has 1 aliphatic heterocycles. The Morgan fingerprint density at radius 1 is 1.50 bits per heavy atom. The van der Waals surface area contributed by atoms with Gasteiger partial charge in [0.2, 0.25) is 0 Å². The summed E-state index contributed by atoms with van der Waals surface area (Å²) in [7, 11) is 0. The maximum Gasteiger partial charge on any atom is 0.112 e. The molecule has 1 aromatic carbocycles. The first-order valence-electron chi connectivity index (χ1n) is 3.83. The van der Waals surface area contributed by atoms with E-state index in [0.29, 0.717) is 0 Å². The van der Waals surface area contributed by atoms with Crippen molar-refractivity contribution < 1.29 is 9.84 Å². The van der Waals surface area contributed by atoms with Crippen LogP contribution in [-0.2, 0) is 4.74 Å². The Morgan fingerprint density at radius 3 is 2.92 bits per heavy atom. The summed E-state index contributed by atoms with van der Waals surface area (Å²) < 4.78 is 6.28. The third kappa shape index (κ3) is 1.53. The summed E-state index contributed by atoms with van der Waals surface area (Å²) in [5, 5.41) is 8.77. The summed E-state index contributed by atoms with van der Waals surface area (Å²) in [6.45, 7) is 0.108. The van der Waals surface area contributed by atoms with Crippen molar-refractivity contribution in [2.45, 2.75) is 12.2 Å². The van der Waals surface area contributed by atoms with E-state index in [-0.39, 0.29) is 18.8 Å². The number of aliphatic hydroxyl groups is 1. The summed E-state index contributed by atoms with van der Waals surface area (Å²) in [4.78, 5) is 0. The van der Waals surface area contributed by atoms with Gasteiger partial charge in [-0.3, -0.25) is 0 Å². The lowest BCUT2D eigenvalue weighted by Crippen LogP contribution is -1.94. The normalized spacial score (nSPS) is 27.2. The molecule has 1 heterocycles. The summed E-state index contributed by atoms with van der Waals surface area (Å²) >= 11 is 3.38. The first-order chi connectivity index (χ1) is 5.81. The van der Waals surface area contributed by atoms with Crippen molar-refractivity contribution in [2.75, 3.05) is 6.61 Å². The minimum atomic E-state index is 0.0132. The van der Waals surface area contributed by atoms with Gasteiger partial charge in [-0.25, -0.2) is 0 Å². The highest BCUT2D eigenvalue weighted by Gasteiger charge is 2.39. The van der Waals surface area contributed by atoms with Crippen LogP contribution >= 0.6 is 15.9 Å². The number of epoxide rings is 1. The molecular formula is C9H9BrO2. The third-order valence-corrected chi connectivity index (χ3v) is 2.43. The van der Waals surface area contributed by atoms with Crippen LogP contribution in [0.3, 0.4) is 0 Å². The first kappa shape index (κ1) is 8.23. The van der Waals surface area contributed by atoms with E-state index < -0.39 is 0 Å². The highest BCUT2D eigenvalue weighted by atomic mass is 79.9. The molecule has 0 bridgehead atoms. The SMILES string of the molecule is OC[C@@H]1OC1c1cccc(Br)c1. The molecule has 1 unspecified atom stereocenters. The number of aliphatic hydroxyl groups excluding tert-OH is 1. The number of benzene rings is 1. The molecule has 64 valence electrons. The smallest absolute Gasteiger partial charge is 0.112 e. The van der Waals surface area contributed by atoms with Gasteiger partial charge in [0.1, 0.15) is 12.2 Å². The molecule has 0 saturated carbocycles. The topological polar surface area (TPSA) is 32.8 Å². The summed E-state index contributed by atoms with van der Waals surface area (Å²) in [5.74, 6) is 0. The van der Waals surface area contributed by atoms with Crippen LogP contribution in [0.1, 0.15) is 11.7 Å². The molecule has 12 heavy (non-hydrogen) atoms. The molecular weight excluding hydrogens is 220 g/mol. The van der Waals surface area contributed by atoms with Crippen molar-refractivity contribution in [2.24, 2.45) is 0 Å². The number of ether oxygens (including phenoxy) is 1. The van der Waals surface area contributed by atoms with E-state index in [4.69, 9.17) is 9.84 Å². The van der Waals surface area contributed by atoms with Gasteiger partial charge in [0, 0.05) is 4.47 Å². The predicted molar refractivity (Wildman–Crippen MR) is 48.8 cm³/mol. The maximum atomic E-state index is 8.77. The van der Waals surface area contributed by atoms with E-state index in [1.165, 1.54) is 0 Å². The molecule has 0 aliphatic carbocycles. The lowest BCUT2D eigenvalue weighted by molar-refractivity contribution is 0.242. The van der Waals surface area contributed by atoms with Gasteiger partial charge >= 0.3 is 0 Å². The van der Waals surface area contributed by atoms with Gasteiger partial charge in [-0.05, 0) is 17.7 Å². The van der Waals surface area contributed by atoms with Crippen molar-refractivity contribution in [1.82, 2.24) is 0 Å². The van der Waals surface area contributed by atoms with Gasteiger partial charge < -0.3 is 9.84 Å². The molecule has 0 aromatic heterocycles. The van der Waals surface area contributed by atoms with Crippen molar-refractivity contribution >= 4 is 15.9 Å². The summed E-state index contributed by atoms with van der Waals surface area (Å²) in [6, 6.07) is 7.96. The summed E-state index contributed by atoms with van der Waals surface area (Å²) in [5.41, 5.74) is 1.13. The van der Waals surface area contributed by atoms with Crippen LogP contribution in [0, 0.1) is 0 Å². The summed E-state index contributed by atoms with van der Waals surface area (Å²) in [6.07, 6.45) is 0.117. The molecule has 2 nitrogen and oxygen atoms in total. The standard InChI is InChI=1S/C9H9BrO2/c10-7-3-1-2-6(4-7)9-8(5-11)12-9/h1-4,8-9,11H,5H2/t8-,9?/m0/s1. The number of hydrogen-bond donors (Lipinski definition) is 1. The van der Waals surface area contributed by atoms with Crippen molar-refractivity contribution in [3.63, 3.8) is 0 Å². The van der Waals surface area contributed by atoms with E-state index >= 15 is 0 Å². The van der Waals surface area contributed by atoms with E-state index in [9.17, 15) is 0 Å². The van der Waals surface area contributed by atoms with E-state index in [2.05, 4.69) is 15.9 Å². The zero-order valence-corrected chi connectivity index (χ0v) is 7.99. The maximum absolute atomic E-state index is 8.77. The molecule has 0 spiro atoms. The molecule has 1 saturated heterocycles. The second-order valence-electron chi connectivity index (χ2n) is 2.83. The molecule has 1 fully saturated rings. The number of halogens is 1. The van der Waals surface area contributed by atoms with Crippen LogP contribution in [0.15, 0.2) is 28.7 Å². The minimum Gasteiger partial charge on any atom is -0.394 e. The van der Waals surface area contributed by atoms with Gasteiger partial charge in [0.25, 0.3) is 0 Å². The van der Waals surface area contributed by atoms with Gasteiger partial charge in [0.15, 0.2) is 0 Å². The Hall–Kier alpha value is -0.380. The van der Waals surface area contributed by atoms with Gasteiger partial charge in [-0.2, -0.15) is 0 Å². The minimum absolute atomic E-state index is 0.0132. The Bertz CT molecular complexity index is 288. The second kappa shape index (κ2) is 3.17. The van der Waals surface area contributed by atoms with E-state index in [1.807, 2.05) is 24.3 Å². The molecule has 0 radical (unpaired) electrons.